The number of hydrogen-bond donors (Lipinski definition) is 1. The lowest BCUT2D eigenvalue weighted by atomic mass is 10.1. The fourth-order valence-electron chi connectivity index (χ4n) is 2.69. The van der Waals surface area contributed by atoms with Crippen molar-refractivity contribution in [3.63, 3.8) is 0 Å². The second-order valence-electron chi connectivity index (χ2n) is 5.95. The second-order valence-corrected chi connectivity index (χ2v) is 7.78. The molecule has 0 radical (unpaired) electrons. The monoisotopic (exact) mass is 413 g/mol. The van der Waals surface area contributed by atoms with Crippen LogP contribution in [0.15, 0.2) is 54.7 Å². The van der Waals surface area contributed by atoms with Crippen LogP contribution in [-0.4, -0.2) is 15.9 Å². The molecule has 0 saturated heterocycles. The van der Waals surface area contributed by atoms with Crippen LogP contribution in [0, 0.1) is 6.92 Å². The molecule has 2 aromatic carbocycles. The molecule has 1 amide bonds. The highest BCUT2D eigenvalue weighted by molar-refractivity contribution is 7.21. The number of nitrogens with one attached hydrogen (secondary N) is 1. The van der Waals surface area contributed by atoms with Crippen LogP contribution in [0.4, 0.5) is 5.69 Å². The molecule has 4 aromatic rings. The minimum absolute atomic E-state index is 0.281. The Balaban J connectivity index is 1.60. The fraction of sp³-hybridized carbons (Fsp3) is 0.0500. The standard InChI is InChI=1S/C20H13Cl2N3OS/c1-11-9-12(19-25-17-3-2-8-23-20(17)27-19)4-7-16(11)24-18(26)14-6-5-13(21)10-15(14)22/h2-10H,1H3,(H,24,26). The fourth-order valence-corrected chi connectivity index (χ4v) is 4.09. The number of aryl methyl sites for hydroxylation is 1. The number of thiazole rings is 1. The van der Waals surface area contributed by atoms with Crippen molar-refractivity contribution in [3.8, 4) is 10.6 Å². The van der Waals surface area contributed by atoms with Crippen LogP contribution in [0.25, 0.3) is 20.9 Å². The first-order valence-electron chi connectivity index (χ1n) is 8.10. The van der Waals surface area contributed by atoms with E-state index in [1.165, 1.54) is 11.3 Å². The molecule has 134 valence electrons. The van der Waals surface area contributed by atoms with Gasteiger partial charge in [-0.05, 0) is 61.0 Å². The Bertz CT molecular complexity index is 1140. The molecule has 0 atom stereocenters. The summed E-state index contributed by atoms with van der Waals surface area (Å²) in [5.74, 6) is -0.281. The van der Waals surface area contributed by atoms with E-state index in [9.17, 15) is 4.79 Å². The van der Waals surface area contributed by atoms with Gasteiger partial charge >= 0.3 is 0 Å². The molecule has 2 heterocycles. The smallest absolute Gasteiger partial charge is 0.257 e. The van der Waals surface area contributed by atoms with Gasteiger partial charge in [0.25, 0.3) is 5.91 Å². The zero-order valence-electron chi connectivity index (χ0n) is 14.2. The van der Waals surface area contributed by atoms with Gasteiger partial charge in [0, 0.05) is 22.5 Å². The van der Waals surface area contributed by atoms with Crippen LogP contribution in [0.3, 0.4) is 0 Å². The maximum absolute atomic E-state index is 12.5. The number of nitrogens with zero attached hydrogens (tertiary/aromatic N) is 2. The molecule has 0 bridgehead atoms. The SMILES string of the molecule is Cc1cc(-c2nc3cccnc3s2)ccc1NC(=O)c1ccc(Cl)cc1Cl. The summed E-state index contributed by atoms with van der Waals surface area (Å²) in [7, 11) is 0. The van der Waals surface area contributed by atoms with Gasteiger partial charge in [-0.1, -0.05) is 34.5 Å². The lowest BCUT2D eigenvalue weighted by molar-refractivity contribution is 0.102. The summed E-state index contributed by atoms with van der Waals surface area (Å²) in [6.07, 6.45) is 1.76. The summed E-state index contributed by atoms with van der Waals surface area (Å²) in [5.41, 5.74) is 3.89. The summed E-state index contributed by atoms with van der Waals surface area (Å²) in [6.45, 7) is 1.94. The maximum atomic E-state index is 12.5. The van der Waals surface area contributed by atoms with Crippen LogP contribution in [-0.2, 0) is 0 Å². The first kappa shape index (κ1) is 17.9. The molecule has 0 aliphatic rings. The molecular weight excluding hydrogens is 401 g/mol. The predicted molar refractivity (Wildman–Crippen MR) is 112 cm³/mol. The van der Waals surface area contributed by atoms with E-state index in [0.29, 0.717) is 21.3 Å². The molecule has 1 N–H and O–H groups in total. The van der Waals surface area contributed by atoms with Crippen molar-refractivity contribution in [1.82, 2.24) is 9.97 Å². The van der Waals surface area contributed by atoms with Gasteiger partial charge in [0.1, 0.15) is 15.4 Å². The number of aromatic nitrogens is 2. The van der Waals surface area contributed by atoms with Crippen LogP contribution in [0.5, 0.6) is 0 Å². The van der Waals surface area contributed by atoms with Gasteiger partial charge in [0.05, 0.1) is 10.6 Å². The Morgan fingerprint density at radius 3 is 2.70 bits per heavy atom. The van der Waals surface area contributed by atoms with Crippen molar-refractivity contribution in [2.75, 3.05) is 5.32 Å². The Morgan fingerprint density at radius 1 is 1.11 bits per heavy atom. The lowest BCUT2D eigenvalue weighted by Crippen LogP contribution is -2.13. The molecule has 0 aliphatic carbocycles. The van der Waals surface area contributed by atoms with Crippen molar-refractivity contribution < 1.29 is 4.79 Å². The summed E-state index contributed by atoms with van der Waals surface area (Å²) in [4.78, 5) is 22.4. The van der Waals surface area contributed by atoms with Gasteiger partial charge in [-0.3, -0.25) is 4.79 Å². The summed E-state index contributed by atoms with van der Waals surface area (Å²) < 4.78 is 0. The van der Waals surface area contributed by atoms with Crippen LogP contribution < -0.4 is 5.32 Å². The number of pyridine rings is 1. The number of carbonyl (C=O) groups is 1. The zero-order valence-corrected chi connectivity index (χ0v) is 16.5. The molecule has 0 unspecified atom stereocenters. The highest BCUT2D eigenvalue weighted by Gasteiger charge is 2.13. The Hall–Kier alpha value is -2.47. The Labute approximate surface area is 169 Å². The zero-order chi connectivity index (χ0) is 19.0. The number of benzene rings is 2. The van der Waals surface area contributed by atoms with Crippen LogP contribution in [0.2, 0.25) is 10.0 Å². The van der Waals surface area contributed by atoms with Gasteiger partial charge in [0.15, 0.2) is 0 Å². The largest absolute Gasteiger partial charge is 0.322 e. The van der Waals surface area contributed by atoms with Gasteiger partial charge in [0.2, 0.25) is 0 Å². The third-order valence-electron chi connectivity index (χ3n) is 4.06. The van der Waals surface area contributed by atoms with Crippen LogP contribution in [0.1, 0.15) is 15.9 Å². The van der Waals surface area contributed by atoms with Gasteiger partial charge < -0.3 is 5.32 Å². The van der Waals surface area contributed by atoms with Gasteiger partial charge in [-0.25, -0.2) is 9.97 Å². The van der Waals surface area contributed by atoms with Crippen molar-refractivity contribution >= 4 is 56.5 Å². The molecule has 4 nitrogen and oxygen atoms in total. The Morgan fingerprint density at radius 2 is 1.96 bits per heavy atom. The number of rotatable bonds is 3. The van der Waals surface area contributed by atoms with Crippen LogP contribution >= 0.6 is 34.5 Å². The minimum atomic E-state index is -0.281. The van der Waals surface area contributed by atoms with Crippen molar-refractivity contribution in [1.29, 1.82) is 0 Å². The lowest BCUT2D eigenvalue weighted by Gasteiger charge is -2.10. The van der Waals surface area contributed by atoms with Crippen molar-refractivity contribution in [2.45, 2.75) is 6.92 Å². The first-order valence-corrected chi connectivity index (χ1v) is 9.67. The molecular formula is C20H13Cl2N3OS. The van der Waals surface area contributed by atoms with E-state index >= 15 is 0 Å². The number of halogens is 2. The molecule has 7 heteroatoms. The van der Waals surface area contributed by atoms with Gasteiger partial charge in [-0.2, -0.15) is 0 Å². The molecule has 0 aliphatic heterocycles. The summed E-state index contributed by atoms with van der Waals surface area (Å²) in [6, 6.07) is 14.4. The third-order valence-corrected chi connectivity index (χ3v) is 5.64. The predicted octanol–water partition coefficient (Wildman–Crippen LogP) is 6.23. The minimum Gasteiger partial charge on any atom is -0.322 e. The number of carbonyl (C=O) groups excluding carboxylic acids is 1. The normalized spacial score (nSPS) is 10.9. The quantitative estimate of drug-likeness (QED) is 0.433. The first-order chi connectivity index (χ1) is 13.0. The number of anilines is 1. The van der Waals surface area contributed by atoms with E-state index in [0.717, 1.165) is 26.5 Å². The van der Waals surface area contributed by atoms with Crippen molar-refractivity contribution in [3.05, 3.63) is 75.9 Å². The average Bonchev–Trinajstić information content (AvgIpc) is 3.07. The molecule has 4 rings (SSSR count). The number of hydrogen-bond acceptors (Lipinski definition) is 4. The average molecular weight is 414 g/mol. The molecule has 0 saturated carbocycles. The molecule has 2 aromatic heterocycles. The van der Waals surface area contributed by atoms with E-state index in [4.69, 9.17) is 23.2 Å². The maximum Gasteiger partial charge on any atom is 0.257 e. The Kier molecular flexibility index (Phi) is 4.83. The van der Waals surface area contributed by atoms with Gasteiger partial charge in [-0.15, -0.1) is 0 Å². The highest BCUT2D eigenvalue weighted by atomic mass is 35.5. The topological polar surface area (TPSA) is 54.9 Å². The molecule has 27 heavy (non-hydrogen) atoms. The van der Waals surface area contributed by atoms with Crippen molar-refractivity contribution in [2.24, 2.45) is 0 Å². The second kappa shape index (κ2) is 7.27. The highest BCUT2D eigenvalue weighted by Crippen LogP contribution is 2.31. The van der Waals surface area contributed by atoms with E-state index in [2.05, 4.69) is 15.3 Å². The van der Waals surface area contributed by atoms with E-state index < -0.39 is 0 Å². The third kappa shape index (κ3) is 3.67. The number of fused-ring (bicyclic) bond motifs is 1. The summed E-state index contributed by atoms with van der Waals surface area (Å²) in [5, 5.41) is 4.59. The van der Waals surface area contributed by atoms with E-state index in [1.807, 2.05) is 37.3 Å². The molecule has 0 spiro atoms. The van der Waals surface area contributed by atoms with E-state index in [-0.39, 0.29) is 5.91 Å². The molecule has 0 fully saturated rings. The number of amides is 1. The summed E-state index contributed by atoms with van der Waals surface area (Å²) >= 11 is 13.5. The van der Waals surface area contributed by atoms with E-state index in [1.54, 1.807) is 24.4 Å².